The van der Waals surface area contributed by atoms with E-state index in [2.05, 4.69) is 15.6 Å². The Bertz CT molecular complexity index is 1070. The van der Waals surface area contributed by atoms with Crippen LogP contribution < -0.4 is 15.4 Å². The largest absolute Gasteiger partial charge is 0.497 e. The van der Waals surface area contributed by atoms with Crippen LogP contribution in [-0.2, 0) is 0 Å². The summed E-state index contributed by atoms with van der Waals surface area (Å²) in [6.07, 6.45) is 0. The molecule has 0 aliphatic heterocycles. The quantitative estimate of drug-likeness (QED) is 0.714. The molecule has 1 aromatic heterocycles. The Morgan fingerprint density at radius 1 is 0.893 bits per heavy atom. The van der Waals surface area contributed by atoms with Crippen molar-refractivity contribution in [3.05, 3.63) is 83.7 Å². The van der Waals surface area contributed by atoms with Crippen LogP contribution in [0.1, 0.15) is 26.5 Å². The number of anilines is 2. The molecule has 138 valence electrons. The lowest BCUT2D eigenvalue weighted by Gasteiger charge is -2.08. The first-order valence-electron chi connectivity index (χ1n) is 8.33. The maximum Gasteiger partial charge on any atom is 0.274 e. The number of amides is 2. The number of methoxy groups -OCH3 is 1. The van der Waals surface area contributed by atoms with Gasteiger partial charge in [0.2, 0.25) is 0 Å². The fourth-order valence-electron chi connectivity index (χ4n) is 2.45. The van der Waals surface area contributed by atoms with E-state index in [1.165, 1.54) is 19.2 Å². The van der Waals surface area contributed by atoms with Gasteiger partial charge in [-0.2, -0.15) is 5.26 Å². The number of benzene rings is 2. The molecule has 0 saturated carbocycles. The van der Waals surface area contributed by atoms with E-state index in [-0.39, 0.29) is 11.4 Å². The van der Waals surface area contributed by atoms with Crippen LogP contribution in [0.15, 0.2) is 66.7 Å². The number of rotatable bonds is 5. The Hall–Kier alpha value is -4.18. The molecular formula is C21H16N4O3. The van der Waals surface area contributed by atoms with Gasteiger partial charge in [-0.3, -0.25) is 9.59 Å². The summed E-state index contributed by atoms with van der Waals surface area (Å²) in [5, 5.41) is 14.3. The Balaban J connectivity index is 1.74. The van der Waals surface area contributed by atoms with Gasteiger partial charge in [0.1, 0.15) is 17.1 Å². The van der Waals surface area contributed by atoms with Crippen molar-refractivity contribution in [2.45, 2.75) is 0 Å². The van der Waals surface area contributed by atoms with E-state index >= 15 is 0 Å². The number of nitrogens with zero attached hydrogens (tertiary/aromatic N) is 2. The maximum atomic E-state index is 12.4. The molecule has 0 unspecified atom stereocenters. The summed E-state index contributed by atoms with van der Waals surface area (Å²) >= 11 is 0. The third-order valence-electron chi connectivity index (χ3n) is 3.79. The number of aromatic nitrogens is 1. The number of hydrogen-bond donors (Lipinski definition) is 2. The first-order chi connectivity index (χ1) is 13.6. The van der Waals surface area contributed by atoms with Gasteiger partial charge in [0.25, 0.3) is 11.8 Å². The molecule has 0 aliphatic carbocycles. The average molecular weight is 372 g/mol. The predicted octanol–water partition coefficient (Wildman–Crippen LogP) is 3.47. The van der Waals surface area contributed by atoms with Crippen LogP contribution in [0, 0.1) is 11.3 Å². The summed E-state index contributed by atoms with van der Waals surface area (Å²) in [6.45, 7) is 0. The molecule has 2 N–H and O–H groups in total. The Morgan fingerprint density at radius 2 is 1.46 bits per heavy atom. The molecule has 3 aromatic rings. The van der Waals surface area contributed by atoms with Crippen molar-refractivity contribution in [2.75, 3.05) is 17.7 Å². The van der Waals surface area contributed by atoms with Gasteiger partial charge in [-0.1, -0.05) is 18.2 Å². The van der Waals surface area contributed by atoms with E-state index in [1.54, 1.807) is 54.6 Å². The first-order valence-corrected chi connectivity index (χ1v) is 8.33. The molecule has 0 spiro atoms. The van der Waals surface area contributed by atoms with Crippen LogP contribution in [0.25, 0.3) is 0 Å². The van der Waals surface area contributed by atoms with Crippen molar-refractivity contribution in [1.82, 2.24) is 4.98 Å². The number of hydrogen-bond acceptors (Lipinski definition) is 5. The highest BCUT2D eigenvalue weighted by Gasteiger charge is 2.13. The minimum atomic E-state index is -0.480. The van der Waals surface area contributed by atoms with Crippen LogP contribution in [-0.4, -0.2) is 23.9 Å². The van der Waals surface area contributed by atoms with Crippen LogP contribution >= 0.6 is 0 Å². The molecule has 1 heterocycles. The minimum Gasteiger partial charge on any atom is -0.497 e. The van der Waals surface area contributed by atoms with E-state index in [0.717, 1.165) is 0 Å². The lowest BCUT2D eigenvalue weighted by molar-refractivity contribution is 0.101. The normalized spacial score (nSPS) is 9.86. The SMILES string of the molecule is COc1cccc(NC(=O)c2cccc(C(=O)Nc3cccc(C#N)c3)n2)c1. The van der Waals surface area contributed by atoms with Gasteiger partial charge in [-0.05, 0) is 42.5 Å². The zero-order valence-electron chi connectivity index (χ0n) is 15.0. The predicted molar refractivity (Wildman–Crippen MR) is 104 cm³/mol. The Morgan fingerprint density at radius 3 is 2.07 bits per heavy atom. The Labute approximate surface area is 161 Å². The highest BCUT2D eigenvalue weighted by molar-refractivity contribution is 6.06. The van der Waals surface area contributed by atoms with Crippen LogP contribution in [0.5, 0.6) is 5.75 Å². The van der Waals surface area contributed by atoms with Gasteiger partial charge in [0.15, 0.2) is 0 Å². The number of carbonyl (C=O) groups is 2. The van der Waals surface area contributed by atoms with Crippen LogP contribution in [0.2, 0.25) is 0 Å². The van der Waals surface area contributed by atoms with E-state index in [0.29, 0.717) is 22.7 Å². The van der Waals surface area contributed by atoms with Gasteiger partial charge < -0.3 is 15.4 Å². The molecule has 2 aromatic carbocycles. The second-order valence-corrected chi connectivity index (χ2v) is 5.74. The van der Waals surface area contributed by atoms with Crippen molar-refractivity contribution in [3.8, 4) is 11.8 Å². The van der Waals surface area contributed by atoms with Crippen LogP contribution in [0.3, 0.4) is 0 Å². The second kappa shape index (κ2) is 8.47. The fourth-order valence-corrected chi connectivity index (χ4v) is 2.45. The van der Waals surface area contributed by atoms with E-state index in [9.17, 15) is 9.59 Å². The van der Waals surface area contributed by atoms with Crippen molar-refractivity contribution < 1.29 is 14.3 Å². The lowest BCUT2D eigenvalue weighted by Crippen LogP contribution is -2.18. The molecule has 2 amide bonds. The molecule has 3 rings (SSSR count). The smallest absolute Gasteiger partial charge is 0.274 e. The topological polar surface area (TPSA) is 104 Å². The van der Waals surface area contributed by atoms with Gasteiger partial charge in [0.05, 0.1) is 18.7 Å². The molecule has 7 heteroatoms. The summed E-state index contributed by atoms with van der Waals surface area (Å²) in [7, 11) is 1.54. The molecule has 7 nitrogen and oxygen atoms in total. The molecule has 0 bridgehead atoms. The van der Waals surface area contributed by atoms with Gasteiger partial charge in [-0.15, -0.1) is 0 Å². The van der Waals surface area contributed by atoms with E-state index in [4.69, 9.17) is 10.00 Å². The van der Waals surface area contributed by atoms with Crippen molar-refractivity contribution in [2.24, 2.45) is 0 Å². The monoisotopic (exact) mass is 372 g/mol. The zero-order valence-corrected chi connectivity index (χ0v) is 15.0. The average Bonchev–Trinajstić information content (AvgIpc) is 2.74. The van der Waals surface area contributed by atoms with Crippen molar-refractivity contribution in [3.63, 3.8) is 0 Å². The number of carbonyl (C=O) groups excluding carboxylic acids is 2. The number of ether oxygens (including phenoxy) is 1. The number of nitriles is 1. The third-order valence-corrected chi connectivity index (χ3v) is 3.79. The molecule has 0 saturated heterocycles. The molecular weight excluding hydrogens is 356 g/mol. The second-order valence-electron chi connectivity index (χ2n) is 5.74. The molecule has 0 atom stereocenters. The maximum absolute atomic E-state index is 12.4. The third kappa shape index (κ3) is 4.51. The molecule has 0 aliphatic rings. The Kier molecular flexibility index (Phi) is 5.63. The summed E-state index contributed by atoms with van der Waals surface area (Å²) < 4.78 is 5.13. The number of pyridine rings is 1. The molecule has 28 heavy (non-hydrogen) atoms. The van der Waals surface area contributed by atoms with Crippen molar-refractivity contribution >= 4 is 23.2 Å². The molecule has 0 fully saturated rings. The van der Waals surface area contributed by atoms with Gasteiger partial charge in [0, 0.05) is 17.4 Å². The van der Waals surface area contributed by atoms with E-state index in [1.807, 2.05) is 6.07 Å². The summed E-state index contributed by atoms with van der Waals surface area (Å²) in [5.74, 6) is -0.320. The standard InChI is InChI=1S/C21H16N4O3/c1-28-17-8-3-7-16(12-17)24-21(27)19-10-4-9-18(25-19)20(26)23-15-6-2-5-14(11-15)13-22/h2-12H,1H3,(H,23,26)(H,24,27). The van der Waals surface area contributed by atoms with Crippen molar-refractivity contribution in [1.29, 1.82) is 5.26 Å². The summed E-state index contributed by atoms with van der Waals surface area (Å²) in [4.78, 5) is 29.0. The lowest BCUT2D eigenvalue weighted by atomic mass is 10.2. The fraction of sp³-hybridized carbons (Fsp3) is 0.0476. The molecule has 0 radical (unpaired) electrons. The van der Waals surface area contributed by atoms with E-state index < -0.39 is 11.8 Å². The van der Waals surface area contributed by atoms with Gasteiger partial charge in [-0.25, -0.2) is 4.98 Å². The first kappa shape index (κ1) is 18.6. The summed E-state index contributed by atoms with van der Waals surface area (Å²) in [5.41, 5.74) is 1.63. The zero-order chi connectivity index (χ0) is 19.9. The minimum absolute atomic E-state index is 0.0839. The highest BCUT2D eigenvalue weighted by atomic mass is 16.5. The number of nitrogens with one attached hydrogen (secondary N) is 2. The highest BCUT2D eigenvalue weighted by Crippen LogP contribution is 2.17. The summed E-state index contributed by atoms with van der Waals surface area (Å²) in [6, 6.07) is 20.0. The van der Waals surface area contributed by atoms with Crippen LogP contribution in [0.4, 0.5) is 11.4 Å². The van der Waals surface area contributed by atoms with Gasteiger partial charge >= 0.3 is 0 Å².